The lowest BCUT2D eigenvalue weighted by Gasteiger charge is -2.10. The largest absolute Gasteiger partial charge is 0.352 e. The van der Waals surface area contributed by atoms with E-state index in [1.165, 1.54) is 6.33 Å². The second-order valence-electron chi connectivity index (χ2n) is 4.44. The monoisotopic (exact) mass is 278 g/mol. The molecule has 1 aromatic heterocycles. The Kier molecular flexibility index (Phi) is 4.16. The molecule has 100 valence electrons. The van der Waals surface area contributed by atoms with Gasteiger partial charge in [0.15, 0.2) is 5.82 Å². The average molecular weight is 279 g/mol. The SMILES string of the molecule is CC(C)NC(=O)Cn1ncnc1-c1ccccc1Cl. The smallest absolute Gasteiger partial charge is 0.242 e. The van der Waals surface area contributed by atoms with Gasteiger partial charge < -0.3 is 5.32 Å². The maximum Gasteiger partial charge on any atom is 0.242 e. The van der Waals surface area contributed by atoms with Crippen molar-refractivity contribution >= 4 is 17.5 Å². The first-order valence-electron chi connectivity index (χ1n) is 6.00. The molecule has 0 aliphatic heterocycles. The molecule has 1 aromatic carbocycles. The van der Waals surface area contributed by atoms with Gasteiger partial charge in [0.25, 0.3) is 0 Å². The molecule has 2 aromatic rings. The number of aromatic nitrogens is 3. The summed E-state index contributed by atoms with van der Waals surface area (Å²) in [7, 11) is 0. The van der Waals surface area contributed by atoms with E-state index in [0.717, 1.165) is 5.56 Å². The molecule has 1 heterocycles. The molecule has 0 atom stereocenters. The van der Waals surface area contributed by atoms with Crippen molar-refractivity contribution in [2.75, 3.05) is 0 Å². The summed E-state index contributed by atoms with van der Waals surface area (Å²) in [5, 5.41) is 7.47. The molecule has 0 radical (unpaired) electrons. The molecule has 6 heteroatoms. The zero-order valence-electron chi connectivity index (χ0n) is 10.8. The highest BCUT2D eigenvalue weighted by molar-refractivity contribution is 6.33. The van der Waals surface area contributed by atoms with E-state index >= 15 is 0 Å². The molecule has 0 fully saturated rings. The lowest BCUT2D eigenvalue weighted by molar-refractivity contribution is -0.122. The highest BCUT2D eigenvalue weighted by Gasteiger charge is 2.13. The number of nitrogens with one attached hydrogen (secondary N) is 1. The molecule has 2 rings (SSSR count). The summed E-state index contributed by atoms with van der Waals surface area (Å²) in [6, 6.07) is 7.44. The minimum Gasteiger partial charge on any atom is -0.352 e. The van der Waals surface area contributed by atoms with Crippen molar-refractivity contribution in [1.82, 2.24) is 20.1 Å². The number of benzene rings is 1. The van der Waals surface area contributed by atoms with Crippen molar-refractivity contribution in [3.05, 3.63) is 35.6 Å². The Balaban J connectivity index is 2.24. The van der Waals surface area contributed by atoms with Crippen molar-refractivity contribution in [2.45, 2.75) is 26.4 Å². The molecule has 5 nitrogen and oxygen atoms in total. The number of nitrogens with zero attached hydrogens (tertiary/aromatic N) is 3. The van der Waals surface area contributed by atoms with E-state index in [1.54, 1.807) is 10.7 Å². The average Bonchev–Trinajstić information content (AvgIpc) is 2.76. The highest BCUT2D eigenvalue weighted by Crippen LogP contribution is 2.25. The van der Waals surface area contributed by atoms with Gasteiger partial charge in [-0.05, 0) is 26.0 Å². The Hall–Kier alpha value is -1.88. The van der Waals surface area contributed by atoms with Crippen molar-refractivity contribution in [3.8, 4) is 11.4 Å². The fourth-order valence-corrected chi connectivity index (χ4v) is 1.95. The van der Waals surface area contributed by atoms with E-state index in [0.29, 0.717) is 10.8 Å². The minimum atomic E-state index is -0.103. The number of hydrogen-bond donors (Lipinski definition) is 1. The molecule has 0 bridgehead atoms. The molecule has 1 N–H and O–H groups in total. The fourth-order valence-electron chi connectivity index (χ4n) is 1.73. The molecular weight excluding hydrogens is 264 g/mol. The molecule has 0 spiro atoms. The summed E-state index contributed by atoms with van der Waals surface area (Å²) >= 11 is 6.13. The molecule has 0 saturated heterocycles. The summed E-state index contributed by atoms with van der Waals surface area (Å²) in [6.07, 6.45) is 1.42. The van der Waals surface area contributed by atoms with Gasteiger partial charge in [0, 0.05) is 11.6 Å². The quantitative estimate of drug-likeness (QED) is 0.932. The van der Waals surface area contributed by atoms with Crippen LogP contribution >= 0.6 is 11.6 Å². The number of halogens is 1. The third-order valence-corrected chi connectivity index (χ3v) is 2.80. The summed E-state index contributed by atoms with van der Waals surface area (Å²) in [5.41, 5.74) is 0.763. The third kappa shape index (κ3) is 3.32. The van der Waals surface area contributed by atoms with Crippen molar-refractivity contribution in [2.24, 2.45) is 0 Å². The van der Waals surface area contributed by atoms with E-state index < -0.39 is 0 Å². The lowest BCUT2D eigenvalue weighted by Crippen LogP contribution is -2.33. The van der Waals surface area contributed by atoms with E-state index in [2.05, 4.69) is 15.4 Å². The summed E-state index contributed by atoms with van der Waals surface area (Å²) in [4.78, 5) is 15.9. The number of carbonyl (C=O) groups excluding carboxylic acids is 1. The lowest BCUT2D eigenvalue weighted by atomic mass is 10.2. The normalized spacial score (nSPS) is 10.7. The number of amides is 1. The fraction of sp³-hybridized carbons (Fsp3) is 0.308. The summed E-state index contributed by atoms with van der Waals surface area (Å²) in [5.74, 6) is 0.485. The van der Waals surface area contributed by atoms with Gasteiger partial charge in [-0.25, -0.2) is 9.67 Å². The maximum absolute atomic E-state index is 11.8. The predicted octanol–water partition coefficient (Wildman–Crippen LogP) is 2.12. The third-order valence-electron chi connectivity index (χ3n) is 2.47. The molecule has 0 saturated carbocycles. The van der Waals surface area contributed by atoms with Crippen molar-refractivity contribution in [3.63, 3.8) is 0 Å². The van der Waals surface area contributed by atoms with Crippen LogP contribution in [0.3, 0.4) is 0 Å². The molecule has 0 aliphatic carbocycles. The van der Waals surface area contributed by atoms with E-state index in [9.17, 15) is 4.79 Å². The van der Waals surface area contributed by atoms with Crippen LogP contribution in [-0.2, 0) is 11.3 Å². The Morgan fingerprint density at radius 2 is 2.16 bits per heavy atom. The number of carbonyl (C=O) groups is 1. The number of hydrogen-bond acceptors (Lipinski definition) is 3. The zero-order chi connectivity index (χ0) is 13.8. The van der Waals surface area contributed by atoms with Crippen LogP contribution in [0.4, 0.5) is 0 Å². The second-order valence-corrected chi connectivity index (χ2v) is 4.85. The van der Waals surface area contributed by atoms with Crippen LogP contribution in [0.15, 0.2) is 30.6 Å². The van der Waals surface area contributed by atoms with Crippen LogP contribution < -0.4 is 5.32 Å². The van der Waals surface area contributed by atoms with Crippen LogP contribution in [0.1, 0.15) is 13.8 Å². The van der Waals surface area contributed by atoms with Gasteiger partial charge in [0.05, 0.1) is 5.02 Å². The van der Waals surface area contributed by atoms with Gasteiger partial charge >= 0.3 is 0 Å². The Bertz CT molecular complexity index is 580. The van der Waals surface area contributed by atoms with Crippen LogP contribution in [0.2, 0.25) is 5.02 Å². The zero-order valence-corrected chi connectivity index (χ0v) is 11.6. The second kappa shape index (κ2) is 5.84. The molecule has 19 heavy (non-hydrogen) atoms. The van der Waals surface area contributed by atoms with Gasteiger partial charge in [0.2, 0.25) is 5.91 Å². The van der Waals surface area contributed by atoms with Crippen LogP contribution in [-0.4, -0.2) is 26.7 Å². The first-order valence-corrected chi connectivity index (χ1v) is 6.38. The highest BCUT2D eigenvalue weighted by atomic mass is 35.5. The first-order chi connectivity index (χ1) is 9.08. The number of rotatable bonds is 4. The minimum absolute atomic E-state index is 0.0970. The van der Waals surface area contributed by atoms with Crippen molar-refractivity contribution < 1.29 is 4.79 Å². The van der Waals surface area contributed by atoms with Gasteiger partial charge in [0.1, 0.15) is 12.9 Å². The van der Waals surface area contributed by atoms with Gasteiger partial charge in [-0.3, -0.25) is 4.79 Å². The van der Waals surface area contributed by atoms with Crippen molar-refractivity contribution in [1.29, 1.82) is 0 Å². The van der Waals surface area contributed by atoms with Crippen LogP contribution in [0.5, 0.6) is 0 Å². The van der Waals surface area contributed by atoms with Gasteiger partial charge in [-0.2, -0.15) is 5.10 Å². The standard InChI is InChI=1S/C13H15ClN4O/c1-9(2)17-12(19)7-18-13(15-8-16-18)10-5-3-4-6-11(10)14/h3-6,8-9H,7H2,1-2H3,(H,17,19). The van der Waals surface area contributed by atoms with Crippen LogP contribution in [0.25, 0.3) is 11.4 Å². The Morgan fingerprint density at radius 3 is 2.84 bits per heavy atom. The summed E-state index contributed by atoms with van der Waals surface area (Å²) < 4.78 is 1.54. The molecule has 0 unspecified atom stereocenters. The maximum atomic E-state index is 11.8. The van der Waals surface area contributed by atoms with E-state index in [-0.39, 0.29) is 18.5 Å². The van der Waals surface area contributed by atoms with Crippen LogP contribution in [0, 0.1) is 0 Å². The van der Waals surface area contributed by atoms with E-state index in [1.807, 2.05) is 32.0 Å². The van der Waals surface area contributed by atoms with E-state index in [4.69, 9.17) is 11.6 Å². The first kappa shape index (κ1) is 13.5. The van der Waals surface area contributed by atoms with Gasteiger partial charge in [-0.15, -0.1) is 0 Å². The molecule has 0 aliphatic rings. The molecule has 1 amide bonds. The van der Waals surface area contributed by atoms with Gasteiger partial charge in [-0.1, -0.05) is 23.7 Å². The Morgan fingerprint density at radius 1 is 1.42 bits per heavy atom. The predicted molar refractivity (Wildman–Crippen MR) is 73.7 cm³/mol. The topological polar surface area (TPSA) is 59.8 Å². The molecular formula is C13H15ClN4O. The summed E-state index contributed by atoms with van der Waals surface area (Å²) in [6.45, 7) is 3.95. The Labute approximate surface area is 116 Å².